The van der Waals surface area contributed by atoms with Crippen LogP contribution in [0, 0.1) is 6.92 Å². The number of aromatic nitrogens is 1. The zero-order valence-electron chi connectivity index (χ0n) is 15.9. The van der Waals surface area contributed by atoms with E-state index in [0.29, 0.717) is 34.5 Å². The van der Waals surface area contributed by atoms with E-state index in [2.05, 4.69) is 9.71 Å². The van der Waals surface area contributed by atoms with Crippen LogP contribution in [0.4, 0.5) is 18.9 Å². The first kappa shape index (κ1) is 20.8. The highest BCUT2D eigenvalue weighted by molar-refractivity contribution is 7.89. The van der Waals surface area contributed by atoms with Crippen molar-refractivity contribution in [2.75, 3.05) is 18.5 Å². The smallest absolute Gasteiger partial charge is 0.307 e. The summed E-state index contributed by atoms with van der Waals surface area (Å²) in [5, 5.41) is 0.506. The van der Waals surface area contributed by atoms with Gasteiger partial charge in [-0.15, -0.1) is 11.3 Å². The molecule has 2 aromatic heterocycles. The largest absolute Gasteiger partial charge is 0.433 e. The van der Waals surface area contributed by atoms with Crippen molar-refractivity contribution in [1.82, 2.24) is 9.71 Å². The predicted octanol–water partition coefficient (Wildman–Crippen LogP) is 3.73. The number of anilines is 1. The Bertz CT molecular complexity index is 1280. The zero-order valence-corrected chi connectivity index (χ0v) is 17.5. The fourth-order valence-electron chi connectivity index (χ4n) is 3.46. The van der Waals surface area contributed by atoms with Crippen LogP contribution in [0.15, 0.2) is 35.2 Å². The molecule has 11 heteroatoms. The molecule has 0 spiro atoms. The van der Waals surface area contributed by atoms with Crippen LogP contribution in [0.3, 0.4) is 0 Å². The Balaban J connectivity index is 1.72. The Morgan fingerprint density at radius 2 is 1.97 bits per heavy atom. The molecule has 30 heavy (non-hydrogen) atoms. The average Bonchev–Trinajstić information content (AvgIpc) is 3.27. The number of rotatable bonds is 3. The maximum Gasteiger partial charge on any atom is 0.433 e. The molecule has 1 aliphatic heterocycles. The molecule has 1 N–H and O–H groups in total. The predicted molar refractivity (Wildman–Crippen MR) is 107 cm³/mol. The van der Waals surface area contributed by atoms with Crippen molar-refractivity contribution >= 4 is 43.2 Å². The first-order chi connectivity index (χ1) is 14.0. The van der Waals surface area contributed by atoms with E-state index in [0.717, 1.165) is 23.0 Å². The number of halogens is 3. The van der Waals surface area contributed by atoms with Crippen molar-refractivity contribution in [2.24, 2.45) is 0 Å². The maximum atomic E-state index is 13.2. The number of fused-ring (bicyclic) bond motifs is 2. The minimum absolute atomic E-state index is 0.111. The third-order valence-electron chi connectivity index (χ3n) is 5.06. The Morgan fingerprint density at radius 1 is 1.23 bits per heavy atom. The average molecular weight is 455 g/mol. The lowest BCUT2D eigenvalue weighted by Gasteiger charge is -2.17. The van der Waals surface area contributed by atoms with Gasteiger partial charge in [-0.3, -0.25) is 4.79 Å². The molecule has 4 rings (SSSR count). The second-order valence-corrected chi connectivity index (χ2v) is 9.69. The molecule has 1 aromatic carbocycles. The third kappa shape index (κ3) is 3.36. The number of aryl methyl sites for hydroxylation is 1. The van der Waals surface area contributed by atoms with Crippen molar-refractivity contribution in [3.63, 3.8) is 0 Å². The van der Waals surface area contributed by atoms with E-state index < -0.39 is 21.9 Å². The number of carbonyl (C=O) groups excluding carboxylic acids is 1. The Labute approximate surface area is 174 Å². The molecular formula is C19H16F3N3O3S2. The Hall–Kier alpha value is -2.50. The highest BCUT2D eigenvalue weighted by atomic mass is 32.2. The number of amides is 1. The standard InChI is InChI=1S/C19H16F3N3O3S2/c1-10-13-4-6-15(19(20,21)22)24-17(13)29-16(10)18(26)25-8-7-11-9-12(3-5-14(11)25)30(27,28)23-2/h3-6,9,23H,7-8H2,1-2H3. The summed E-state index contributed by atoms with van der Waals surface area (Å²) in [7, 11) is -2.28. The van der Waals surface area contributed by atoms with Gasteiger partial charge in [-0.25, -0.2) is 18.1 Å². The number of alkyl halides is 3. The van der Waals surface area contributed by atoms with Gasteiger partial charge in [0.15, 0.2) is 0 Å². The molecule has 6 nitrogen and oxygen atoms in total. The van der Waals surface area contributed by atoms with Crippen LogP contribution < -0.4 is 9.62 Å². The fraction of sp³-hybridized carbons (Fsp3) is 0.263. The SMILES string of the molecule is CNS(=O)(=O)c1ccc2c(c1)CCN2C(=O)c1sc2nc(C(F)(F)F)ccc2c1C. The summed E-state index contributed by atoms with van der Waals surface area (Å²) < 4.78 is 65.1. The lowest BCUT2D eigenvalue weighted by molar-refractivity contribution is -0.140. The number of hydrogen-bond acceptors (Lipinski definition) is 5. The molecule has 0 saturated carbocycles. The number of benzene rings is 1. The van der Waals surface area contributed by atoms with Crippen LogP contribution in [0.1, 0.15) is 26.5 Å². The second kappa shape index (κ2) is 7.03. The van der Waals surface area contributed by atoms with Crippen molar-refractivity contribution in [1.29, 1.82) is 0 Å². The minimum atomic E-state index is -4.56. The van der Waals surface area contributed by atoms with Crippen molar-refractivity contribution < 1.29 is 26.4 Å². The Morgan fingerprint density at radius 3 is 2.63 bits per heavy atom. The second-order valence-electron chi connectivity index (χ2n) is 6.81. The molecule has 1 aliphatic rings. The summed E-state index contributed by atoms with van der Waals surface area (Å²) in [5.41, 5.74) is 0.885. The van der Waals surface area contributed by atoms with Crippen molar-refractivity contribution in [3.8, 4) is 0 Å². The van der Waals surface area contributed by atoms with Crippen LogP contribution in [0.2, 0.25) is 0 Å². The van der Waals surface area contributed by atoms with Crippen molar-refractivity contribution in [3.05, 3.63) is 52.0 Å². The monoisotopic (exact) mass is 455 g/mol. The first-order valence-corrected chi connectivity index (χ1v) is 11.2. The summed E-state index contributed by atoms with van der Waals surface area (Å²) in [6, 6.07) is 6.77. The number of pyridine rings is 1. The summed E-state index contributed by atoms with van der Waals surface area (Å²) in [4.78, 5) is 19.0. The molecular weight excluding hydrogens is 439 g/mol. The molecule has 0 bridgehead atoms. The topological polar surface area (TPSA) is 79.4 Å². The molecule has 0 aliphatic carbocycles. The number of carbonyl (C=O) groups is 1. The molecule has 0 radical (unpaired) electrons. The molecule has 3 heterocycles. The van der Waals surface area contributed by atoms with Gasteiger partial charge in [-0.05, 0) is 61.9 Å². The molecule has 0 fully saturated rings. The normalized spacial score (nSPS) is 14.4. The van der Waals surface area contributed by atoms with Gasteiger partial charge in [0.25, 0.3) is 5.91 Å². The van der Waals surface area contributed by atoms with Gasteiger partial charge in [-0.2, -0.15) is 13.2 Å². The fourth-order valence-corrected chi connectivity index (χ4v) is 5.37. The van der Waals surface area contributed by atoms with E-state index in [9.17, 15) is 26.4 Å². The lowest BCUT2D eigenvalue weighted by atomic mass is 10.1. The first-order valence-electron chi connectivity index (χ1n) is 8.88. The lowest BCUT2D eigenvalue weighted by Crippen LogP contribution is -2.28. The van der Waals surface area contributed by atoms with E-state index >= 15 is 0 Å². The quantitative estimate of drug-likeness (QED) is 0.653. The van der Waals surface area contributed by atoms with Gasteiger partial charge in [-0.1, -0.05) is 0 Å². The van der Waals surface area contributed by atoms with Crippen molar-refractivity contribution in [2.45, 2.75) is 24.4 Å². The molecule has 0 unspecified atom stereocenters. The summed E-state index contributed by atoms with van der Waals surface area (Å²) >= 11 is 0.927. The third-order valence-corrected chi connectivity index (χ3v) is 7.66. The van der Waals surface area contributed by atoms with Gasteiger partial charge in [0.1, 0.15) is 10.5 Å². The number of nitrogens with zero attached hydrogens (tertiary/aromatic N) is 2. The summed E-state index contributed by atoms with van der Waals surface area (Å²) in [6.45, 7) is 2.03. The number of thiophene rings is 1. The van der Waals surface area contributed by atoms with E-state index in [1.807, 2.05) is 0 Å². The van der Waals surface area contributed by atoms with Crippen LogP contribution in [-0.4, -0.2) is 32.9 Å². The van der Waals surface area contributed by atoms with Gasteiger partial charge < -0.3 is 4.90 Å². The molecule has 0 atom stereocenters. The minimum Gasteiger partial charge on any atom is -0.307 e. The summed E-state index contributed by atoms with van der Waals surface area (Å²) in [5.74, 6) is -0.341. The van der Waals surface area contributed by atoms with Gasteiger partial charge in [0, 0.05) is 17.6 Å². The summed E-state index contributed by atoms with van der Waals surface area (Å²) in [6.07, 6.45) is -4.08. The molecule has 3 aromatic rings. The highest BCUT2D eigenvalue weighted by Crippen LogP contribution is 2.37. The van der Waals surface area contributed by atoms with Crippen LogP contribution in [-0.2, 0) is 22.6 Å². The van der Waals surface area contributed by atoms with E-state index in [1.165, 1.54) is 30.1 Å². The van der Waals surface area contributed by atoms with Crippen LogP contribution in [0.5, 0.6) is 0 Å². The van der Waals surface area contributed by atoms with Gasteiger partial charge in [0.05, 0.1) is 9.77 Å². The van der Waals surface area contributed by atoms with Crippen LogP contribution in [0.25, 0.3) is 10.2 Å². The molecule has 0 saturated heterocycles. The molecule has 1 amide bonds. The zero-order chi connectivity index (χ0) is 21.8. The van der Waals surface area contributed by atoms with Crippen LogP contribution >= 0.6 is 11.3 Å². The Kier molecular flexibility index (Phi) is 4.87. The van der Waals surface area contributed by atoms with E-state index in [4.69, 9.17) is 0 Å². The number of nitrogens with one attached hydrogen (secondary N) is 1. The molecule has 158 valence electrons. The number of sulfonamides is 1. The number of hydrogen-bond donors (Lipinski definition) is 1. The van der Waals surface area contributed by atoms with Gasteiger partial charge in [0.2, 0.25) is 10.0 Å². The maximum absolute atomic E-state index is 13.2. The van der Waals surface area contributed by atoms with E-state index in [1.54, 1.807) is 13.0 Å². The van der Waals surface area contributed by atoms with E-state index in [-0.39, 0.29) is 15.6 Å². The van der Waals surface area contributed by atoms with Gasteiger partial charge >= 0.3 is 6.18 Å². The highest BCUT2D eigenvalue weighted by Gasteiger charge is 2.34.